The maximum absolute atomic E-state index is 12.9. The minimum atomic E-state index is -0.239. The number of hydrogen-bond acceptors (Lipinski definition) is 3. The lowest BCUT2D eigenvalue weighted by Gasteiger charge is -2.10. The predicted octanol–water partition coefficient (Wildman–Crippen LogP) is 5.02. The van der Waals surface area contributed by atoms with Gasteiger partial charge < -0.3 is 16.0 Å². The summed E-state index contributed by atoms with van der Waals surface area (Å²) in [7, 11) is 0. The Morgan fingerprint density at radius 2 is 2.08 bits per heavy atom. The molecule has 0 bridgehead atoms. The smallest absolute Gasteiger partial charge is 0.258 e. The zero-order chi connectivity index (χ0) is 18.3. The highest BCUT2D eigenvalue weighted by molar-refractivity contribution is 6.31. The average molecular weight is 369 g/mol. The molecule has 134 valence electrons. The number of nitrogens with zero attached hydrogens (tertiary/aromatic N) is 1. The van der Waals surface area contributed by atoms with Gasteiger partial charge in [0.1, 0.15) is 11.3 Å². The normalized spacial score (nSPS) is 14.8. The molecule has 1 aliphatic carbocycles. The maximum Gasteiger partial charge on any atom is 0.258 e. The van der Waals surface area contributed by atoms with E-state index in [-0.39, 0.29) is 5.91 Å². The van der Waals surface area contributed by atoms with Crippen LogP contribution < -0.4 is 11.1 Å². The van der Waals surface area contributed by atoms with Crippen LogP contribution in [0.25, 0.3) is 11.0 Å². The number of nitrogen functional groups attached to an aromatic ring is 1. The minimum absolute atomic E-state index is 0.239. The maximum atomic E-state index is 12.9. The van der Waals surface area contributed by atoms with Crippen LogP contribution in [0.15, 0.2) is 30.3 Å². The van der Waals surface area contributed by atoms with Gasteiger partial charge in [-0.3, -0.25) is 4.79 Å². The molecule has 1 aliphatic rings. The number of carbonyl (C=O) groups is 1. The van der Waals surface area contributed by atoms with Crippen LogP contribution in [0.5, 0.6) is 0 Å². The van der Waals surface area contributed by atoms with Gasteiger partial charge in [-0.1, -0.05) is 30.5 Å². The Bertz CT molecular complexity index is 989. The number of aromatic amines is 1. The predicted molar refractivity (Wildman–Crippen MR) is 106 cm³/mol. The van der Waals surface area contributed by atoms with E-state index in [1.54, 1.807) is 12.1 Å². The molecular weight excluding hydrogens is 348 g/mol. The van der Waals surface area contributed by atoms with E-state index in [0.717, 1.165) is 29.7 Å². The SMILES string of the molecule is Cc1c(Cl)cccc1NC(=O)c1cc(N)cc2[nH]c(C3CCCC3)nc12. The van der Waals surface area contributed by atoms with Crippen molar-refractivity contribution in [2.45, 2.75) is 38.5 Å². The molecule has 4 rings (SSSR count). The highest BCUT2D eigenvalue weighted by Gasteiger charge is 2.22. The van der Waals surface area contributed by atoms with Gasteiger partial charge in [0.05, 0.1) is 11.1 Å². The fourth-order valence-corrected chi connectivity index (χ4v) is 3.83. The lowest BCUT2D eigenvalue weighted by Crippen LogP contribution is -2.14. The van der Waals surface area contributed by atoms with Crippen LogP contribution in [0.1, 0.15) is 53.3 Å². The molecule has 3 aromatic rings. The van der Waals surface area contributed by atoms with E-state index in [4.69, 9.17) is 22.3 Å². The third kappa shape index (κ3) is 3.03. The fraction of sp³-hybridized carbons (Fsp3) is 0.300. The van der Waals surface area contributed by atoms with Gasteiger partial charge in [0.2, 0.25) is 0 Å². The lowest BCUT2D eigenvalue weighted by atomic mass is 10.1. The molecule has 5 nitrogen and oxygen atoms in total. The standard InChI is InChI=1S/C20H21ClN4O/c1-11-15(21)7-4-8-16(11)24-20(26)14-9-13(22)10-17-18(14)25-19(23-17)12-5-2-3-6-12/h4,7-10,12H,2-3,5-6,22H2,1H3,(H,23,25)(H,24,26). The van der Waals surface area contributed by atoms with E-state index < -0.39 is 0 Å². The average Bonchev–Trinajstić information content (AvgIpc) is 3.27. The Hall–Kier alpha value is -2.53. The van der Waals surface area contributed by atoms with Crippen molar-refractivity contribution in [1.82, 2.24) is 9.97 Å². The summed E-state index contributed by atoms with van der Waals surface area (Å²) in [6.45, 7) is 1.87. The summed E-state index contributed by atoms with van der Waals surface area (Å²) in [6.07, 6.45) is 4.73. The summed E-state index contributed by atoms with van der Waals surface area (Å²) in [5.41, 5.74) is 10.0. The number of rotatable bonds is 3. The highest BCUT2D eigenvalue weighted by atomic mass is 35.5. The number of fused-ring (bicyclic) bond motifs is 1. The first kappa shape index (κ1) is 16.9. The Kier molecular flexibility index (Phi) is 4.32. The van der Waals surface area contributed by atoms with E-state index in [1.807, 2.05) is 25.1 Å². The Balaban J connectivity index is 1.72. The van der Waals surface area contributed by atoms with Crippen molar-refractivity contribution in [2.24, 2.45) is 0 Å². The largest absolute Gasteiger partial charge is 0.399 e. The molecule has 1 saturated carbocycles. The van der Waals surface area contributed by atoms with Crippen LogP contribution in [-0.2, 0) is 0 Å². The Morgan fingerprint density at radius 3 is 2.85 bits per heavy atom. The lowest BCUT2D eigenvalue weighted by molar-refractivity contribution is 0.102. The van der Waals surface area contributed by atoms with Gasteiger partial charge in [-0.15, -0.1) is 0 Å². The summed E-state index contributed by atoms with van der Waals surface area (Å²) in [4.78, 5) is 21.0. The number of carbonyl (C=O) groups excluding carboxylic acids is 1. The second-order valence-electron chi connectivity index (χ2n) is 6.93. The number of nitrogens with two attached hydrogens (primary N) is 1. The first-order valence-corrected chi connectivity index (χ1v) is 9.26. The van der Waals surface area contributed by atoms with Gasteiger partial charge >= 0.3 is 0 Å². The van der Waals surface area contributed by atoms with Gasteiger partial charge in [0.15, 0.2) is 0 Å². The van der Waals surface area contributed by atoms with Crippen LogP contribution in [0, 0.1) is 6.92 Å². The second-order valence-corrected chi connectivity index (χ2v) is 7.34. The number of amides is 1. The number of nitrogens with one attached hydrogen (secondary N) is 2. The molecule has 2 aromatic carbocycles. The summed E-state index contributed by atoms with van der Waals surface area (Å²) < 4.78 is 0. The molecule has 6 heteroatoms. The summed E-state index contributed by atoms with van der Waals surface area (Å²) in [5, 5.41) is 3.55. The molecule has 1 amide bonds. The van der Waals surface area contributed by atoms with E-state index in [2.05, 4.69) is 10.3 Å². The first-order valence-electron chi connectivity index (χ1n) is 8.88. The second kappa shape index (κ2) is 6.65. The Morgan fingerprint density at radius 1 is 1.31 bits per heavy atom. The zero-order valence-corrected chi connectivity index (χ0v) is 15.4. The van der Waals surface area contributed by atoms with E-state index in [0.29, 0.717) is 33.4 Å². The quantitative estimate of drug-likeness (QED) is 0.567. The number of H-pyrrole nitrogens is 1. The molecule has 1 heterocycles. The number of benzene rings is 2. The van der Waals surface area contributed by atoms with Crippen molar-refractivity contribution < 1.29 is 4.79 Å². The van der Waals surface area contributed by atoms with Crippen LogP contribution in [0.4, 0.5) is 11.4 Å². The van der Waals surface area contributed by atoms with Crippen molar-refractivity contribution in [3.8, 4) is 0 Å². The van der Waals surface area contributed by atoms with Crippen molar-refractivity contribution in [3.05, 3.63) is 52.3 Å². The summed E-state index contributed by atoms with van der Waals surface area (Å²) in [5.74, 6) is 1.16. The van der Waals surface area contributed by atoms with Crippen molar-refractivity contribution in [2.75, 3.05) is 11.1 Å². The van der Waals surface area contributed by atoms with E-state index >= 15 is 0 Å². The molecule has 0 aliphatic heterocycles. The number of hydrogen-bond donors (Lipinski definition) is 3. The molecule has 0 radical (unpaired) electrons. The van der Waals surface area contributed by atoms with Gasteiger partial charge in [-0.2, -0.15) is 0 Å². The van der Waals surface area contributed by atoms with Gasteiger partial charge in [0.25, 0.3) is 5.91 Å². The molecule has 1 aromatic heterocycles. The summed E-state index contributed by atoms with van der Waals surface area (Å²) >= 11 is 6.15. The molecule has 26 heavy (non-hydrogen) atoms. The zero-order valence-electron chi connectivity index (χ0n) is 14.6. The number of imidazole rings is 1. The van der Waals surface area contributed by atoms with Crippen LogP contribution in [0.2, 0.25) is 5.02 Å². The molecule has 1 fully saturated rings. The molecule has 0 saturated heterocycles. The minimum Gasteiger partial charge on any atom is -0.399 e. The van der Waals surface area contributed by atoms with E-state index in [9.17, 15) is 4.79 Å². The van der Waals surface area contributed by atoms with E-state index in [1.165, 1.54) is 12.8 Å². The van der Waals surface area contributed by atoms with Gasteiger partial charge in [-0.05, 0) is 49.6 Å². The van der Waals surface area contributed by atoms with Gasteiger partial charge in [0, 0.05) is 22.3 Å². The monoisotopic (exact) mass is 368 g/mol. The number of anilines is 2. The molecule has 0 atom stereocenters. The van der Waals surface area contributed by atoms with Gasteiger partial charge in [-0.25, -0.2) is 4.98 Å². The molecule has 0 unspecified atom stereocenters. The third-order valence-corrected chi connectivity index (χ3v) is 5.54. The Labute approximate surface area is 157 Å². The van der Waals surface area contributed by atoms with Crippen LogP contribution in [-0.4, -0.2) is 15.9 Å². The van der Waals surface area contributed by atoms with Crippen LogP contribution in [0.3, 0.4) is 0 Å². The molecule has 0 spiro atoms. The number of halogens is 1. The molecular formula is C20H21ClN4O. The summed E-state index contributed by atoms with van der Waals surface area (Å²) in [6, 6.07) is 8.95. The third-order valence-electron chi connectivity index (χ3n) is 5.13. The van der Waals surface area contributed by atoms with Crippen LogP contribution >= 0.6 is 11.6 Å². The highest BCUT2D eigenvalue weighted by Crippen LogP contribution is 2.34. The van der Waals surface area contributed by atoms with Crippen molar-refractivity contribution >= 4 is 39.9 Å². The number of aromatic nitrogens is 2. The van der Waals surface area contributed by atoms with Crippen molar-refractivity contribution in [3.63, 3.8) is 0 Å². The first-order chi connectivity index (χ1) is 12.5. The topological polar surface area (TPSA) is 83.8 Å². The fourth-order valence-electron chi connectivity index (χ4n) is 3.66. The van der Waals surface area contributed by atoms with Crippen molar-refractivity contribution in [1.29, 1.82) is 0 Å². The molecule has 4 N–H and O–H groups in total.